The summed E-state index contributed by atoms with van der Waals surface area (Å²) < 4.78 is 5.06. The Labute approximate surface area is 65.4 Å². The fraction of sp³-hybridized carbons (Fsp3) is 1.00. The van der Waals surface area contributed by atoms with Crippen molar-refractivity contribution < 1.29 is 20.1 Å². The van der Waals surface area contributed by atoms with E-state index in [1.165, 1.54) is 0 Å². The first-order valence-electron chi connectivity index (χ1n) is 3.82. The maximum atomic E-state index is 9.27. The van der Waals surface area contributed by atoms with Gasteiger partial charge < -0.3 is 20.1 Å². The van der Waals surface area contributed by atoms with Gasteiger partial charge in [-0.15, -0.1) is 0 Å². The second-order valence-corrected chi connectivity index (χ2v) is 2.83. The van der Waals surface area contributed by atoms with E-state index in [1.54, 1.807) is 0 Å². The van der Waals surface area contributed by atoms with E-state index in [1.807, 2.05) is 6.92 Å². The number of ether oxygens (including phenoxy) is 1. The normalized spacial score (nSPS) is 45.8. The highest BCUT2D eigenvalue weighted by atomic mass is 16.5. The van der Waals surface area contributed by atoms with Crippen LogP contribution in [0.4, 0.5) is 0 Å². The molecule has 1 saturated heterocycles. The van der Waals surface area contributed by atoms with E-state index in [2.05, 4.69) is 0 Å². The Hall–Kier alpha value is -0.160. The van der Waals surface area contributed by atoms with Crippen molar-refractivity contribution in [2.24, 2.45) is 0 Å². The van der Waals surface area contributed by atoms with Crippen LogP contribution in [0.15, 0.2) is 0 Å². The summed E-state index contributed by atoms with van der Waals surface area (Å²) >= 11 is 0. The highest BCUT2D eigenvalue weighted by Gasteiger charge is 2.36. The molecule has 0 amide bonds. The smallest absolute Gasteiger partial charge is 0.111 e. The van der Waals surface area contributed by atoms with Gasteiger partial charge in [-0.2, -0.15) is 0 Å². The lowest BCUT2D eigenvalue weighted by atomic mass is 9.99. The summed E-state index contributed by atoms with van der Waals surface area (Å²) in [5.74, 6) is 0. The van der Waals surface area contributed by atoms with Crippen LogP contribution in [-0.4, -0.2) is 46.3 Å². The molecule has 3 N–H and O–H groups in total. The summed E-state index contributed by atoms with van der Waals surface area (Å²) in [5.41, 5.74) is 0. The van der Waals surface area contributed by atoms with E-state index < -0.39 is 18.3 Å². The second kappa shape index (κ2) is 3.49. The molecule has 4 atom stereocenters. The fourth-order valence-corrected chi connectivity index (χ4v) is 1.23. The van der Waals surface area contributed by atoms with Crippen LogP contribution in [0.5, 0.6) is 0 Å². The minimum atomic E-state index is -1.06. The van der Waals surface area contributed by atoms with Gasteiger partial charge in [-0.05, 0) is 6.42 Å². The molecule has 3 unspecified atom stereocenters. The minimum Gasteiger partial charge on any atom is -0.388 e. The molecule has 1 heterocycles. The third kappa shape index (κ3) is 1.70. The molecule has 0 aromatic rings. The van der Waals surface area contributed by atoms with Crippen molar-refractivity contribution in [3.05, 3.63) is 0 Å². The molecule has 66 valence electrons. The lowest BCUT2D eigenvalue weighted by Gasteiger charge is -2.34. The largest absolute Gasteiger partial charge is 0.388 e. The molecule has 1 aliphatic rings. The molecule has 4 heteroatoms. The zero-order valence-corrected chi connectivity index (χ0v) is 6.47. The standard InChI is InChI=1S/C7H14O4/c1-2-5-7(10)6(9)4(8)3-11-5/h4-10H,2-3H2,1H3/t4?,5-,6?,7?/m0/s1. The van der Waals surface area contributed by atoms with Crippen LogP contribution >= 0.6 is 0 Å². The highest BCUT2D eigenvalue weighted by Crippen LogP contribution is 2.17. The van der Waals surface area contributed by atoms with Gasteiger partial charge in [0.1, 0.15) is 18.3 Å². The van der Waals surface area contributed by atoms with Crippen molar-refractivity contribution in [1.82, 2.24) is 0 Å². The first kappa shape index (κ1) is 8.93. The highest BCUT2D eigenvalue weighted by molar-refractivity contribution is 4.85. The third-order valence-corrected chi connectivity index (χ3v) is 2.01. The number of aliphatic hydroxyl groups is 3. The zero-order valence-electron chi connectivity index (χ0n) is 6.47. The van der Waals surface area contributed by atoms with E-state index in [9.17, 15) is 5.11 Å². The molecule has 11 heavy (non-hydrogen) atoms. The van der Waals surface area contributed by atoms with Gasteiger partial charge in [-0.3, -0.25) is 0 Å². The monoisotopic (exact) mass is 162 g/mol. The summed E-state index contributed by atoms with van der Waals surface area (Å²) in [7, 11) is 0. The Kier molecular flexibility index (Phi) is 2.84. The van der Waals surface area contributed by atoms with Crippen LogP contribution < -0.4 is 0 Å². The van der Waals surface area contributed by atoms with Crippen molar-refractivity contribution in [2.75, 3.05) is 6.61 Å². The van der Waals surface area contributed by atoms with E-state index in [0.717, 1.165) is 0 Å². The number of hydrogen-bond acceptors (Lipinski definition) is 4. The van der Waals surface area contributed by atoms with Gasteiger partial charge in [0.15, 0.2) is 0 Å². The molecule has 1 fully saturated rings. The van der Waals surface area contributed by atoms with Gasteiger partial charge in [-0.25, -0.2) is 0 Å². The van der Waals surface area contributed by atoms with Gasteiger partial charge in [0, 0.05) is 0 Å². The SMILES string of the molecule is CC[C@@H]1OCC(O)C(O)C1O. The van der Waals surface area contributed by atoms with Crippen LogP contribution in [0.2, 0.25) is 0 Å². The topological polar surface area (TPSA) is 69.9 Å². The Bertz CT molecular complexity index is 126. The van der Waals surface area contributed by atoms with E-state index in [0.29, 0.717) is 6.42 Å². The molecule has 0 spiro atoms. The Morgan fingerprint density at radius 3 is 2.45 bits per heavy atom. The lowest BCUT2D eigenvalue weighted by molar-refractivity contribution is -0.187. The first-order chi connectivity index (χ1) is 5.16. The van der Waals surface area contributed by atoms with E-state index in [4.69, 9.17) is 14.9 Å². The van der Waals surface area contributed by atoms with Crippen LogP contribution in [-0.2, 0) is 4.74 Å². The Morgan fingerprint density at radius 2 is 1.91 bits per heavy atom. The number of aliphatic hydroxyl groups excluding tert-OH is 3. The quantitative estimate of drug-likeness (QED) is 0.456. The lowest BCUT2D eigenvalue weighted by Crippen LogP contribution is -2.52. The van der Waals surface area contributed by atoms with Crippen molar-refractivity contribution in [1.29, 1.82) is 0 Å². The molecular weight excluding hydrogens is 148 g/mol. The van der Waals surface area contributed by atoms with E-state index in [-0.39, 0.29) is 12.7 Å². The zero-order chi connectivity index (χ0) is 8.43. The predicted octanol–water partition coefficient (Wildman–Crippen LogP) is -1.12. The van der Waals surface area contributed by atoms with Crippen molar-refractivity contribution in [3.63, 3.8) is 0 Å². The van der Waals surface area contributed by atoms with Crippen LogP contribution in [0, 0.1) is 0 Å². The Balaban J connectivity index is 2.52. The number of hydrogen-bond donors (Lipinski definition) is 3. The summed E-state index contributed by atoms with van der Waals surface area (Å²) in [4.78, 5) is 0. The van der Waals surface area contributed by atoms with Crippen LogP contribution in [0.1, 0.15) is 13.3 Å². The molecule has 0 aromatic carbocycles. The van der Waals surface area contributed by atoms with Gasteiger partial charge >= 0.3 is 0 Å². The van der Waals surface area contributed by atoms with Gasteiger partial charge in [0.05, 0.1) is 12.7 Å². The molecule has 0 bridgehead atoms. The molecule has 0 aromatic heterocycles. The molecule has 0 radical (unpaired) electrons. The first-order valence-corrected chi connectivity index (χ1v) is 3.82. The van der Waals surface area contributed by atoms with Crippen LogP contribution in [0.3, 0.4) is 0 Å². The molecule has 4 nitrogen and oxygen atoms in total. The van der Waals surface area contributed by atoms with Gasteiger partial charge in [0.2, 0.25) is 0 Å². The summed E-state index contributed by atoms with van der Waals surface area (Å²) in [6.45, 7) is 1.97. The maximum Gasteiger partial charge on any atom is 0.111 e. The van der Waals surface area contributed by atoms with Gasteiger partial charge in [-0.1, -0.05) is 6.92 Å². The summed E-state index contributed by atoms with van der Waals surface area (Å²) in [6.07, 6.45) is -2.66. The predicted molar refractivity (Wildman–Crippen MR) is 38.1 cm³/mol. The second-order valence-electron chi connectivity index (χ2n) is 2.83. The third-order valence-electron chi connectivity index (χ3n) is 2.01. The van der Waals surface area contributed by atoms with E-state index >= 15 is 0 Å². The van der Waals surface area contributed by atoms with Crippen molar-refractivity contribution in [3.8, 4) is 0 Å². The number of rotatable bonds is 1. The average Bonchev–Trinajstić information content (AvgIpc) is 2.01. The molecule has 1 rings (SSSR count). The van der Waals surface area contributed by atoms with Crippen LogP contribution in [0.25, 0.3) is 0 Å². The summed E-state index contributed by atoms with van der Waals surface area (Å²) in [5, 5.41) is 27.5. The maximum absolute atomic E-state index is 9.27. The average molecular weight is 162 g/mol. The fourth-order valence-electron chi connectivity index (χ4n) is 1.23. The van der Waals surface area contributed by atoms with Gasteiger partial charge in [0.25, 0.3) is 0 Å². The molecule has 0 aliphatic carbocycles. The molecule has 0 saturated carbocycles. The van der Waals surface area contributed by atoms with Crippen molar-refractivity contribution in [2.45, 2.75) is 37.8 Å². The van der Waals surface area contributed by atoms with Crippen molar-refractivity contribution >= 4 is 0 Å². The minimum absolute atomic E-state index is 0.108. The molecular formula is C7H14O4. The summed E-state index contributed by atoms with van der Waals surface area (Å²) in [6, 6.07) is 0. The Morgan fingerprint density at radius 1 is 1.27 bits per heavy atom. The molecule has 1 aliphatic heterocycles.